The summed E-state index contributed by atoms with van der Waals surface area (Å²) in [6, 6.07) is 6.44. The zero-order valence-electron chi connectivity index (χ0n) is 17.0. The molecule has 2 aliphatic heterocycles. The normalized spacial score (nSPS) is 21.0. The van der Waals surface area contributed by atoms with E-state index in [-0.39, 0.29) is 30.4 Å². The minimum Gasteiger partial charge on any atom is -0.437 e. The molecule has 0 bridgehead atoms. The number of benzene rings is 2. The summed E-state index contributed by atoms with van der Waals surface area (Å²) in [6.45, 7) is 1.37. The van der Waals surface area contributed by atoms with Gasteiger partial charge in [-0.3, -0.25) is 9.69 Å². The quantitative estimate of drug-likeness (QED) is 0.469. The average molecular weight is 546 g/mol. The Kier molecular flexibility index (Phi) is 6.19. The van der Waals surface area contributed by atoms with Crippen LogP contribution in [-0.4, -0.2) is 59.1 Å². The molecule has 31 heavy (non-hydrogen) atoms. The number of piperidine rings is 1. The summed E-state index contributed by atoms with van der Waals surface area (Å²) in [5.74, 6) is -3.52. The van der Waals surface area contributed by atoms with Gasteiger partial charge in [0, 0.05) is 3.57 Å². The van der Waals surface area contributed by atoms with E-state index in [1.807, 2.05) is 29.6 Å². The van der Waals surface area contributed by atoms with E-state index in [1.165, 1.54) is 23.1 Å². The lowest BCUT2D eigenvalue weighted by atomic mass is 9.80. The van der Waals surface area contributed by atoms with Crippen LogP contribution in [0.25, 0.3) is 0 Å². The van der Waals surface area contributed by atoms with Crippen molar-refractivity contribution in [3.8, 4) is 0 Å². The van der Waals surface area contributed by atoms with E-state index >= 15 is 0 Å². The van der Waals surface area contributed by atoms with Crippen LogP contribution in [0.5, 0.6) is 0 Å². The van der Waals surface area contributed by atoms with Crippen LogP contribution in [0, 0.1) is 21.0 Å². The van der Waals surface area contributed by atoms with Crippen LogP contribution >= 0.6 is 22.6 Å². The number of nitrogens with zero attached hydrogens (tertiary/aromatic N) is 2. The van der Waals surface area contributed by atoms with Crippen LogP contribution in [0.3, 0.4) is 0 Å². The Labute approximate surface area is 192 Å². The molecular weight excluding hydrogens is 522 g/mol. The third-order valence-corrected chi connectivity index (χ3v) is 6.83. The van der Waals surface area contributed by atoms with Gasteiger partial charge in [-0.15, -0.1) is 0 Å². The van der Waals surface area contributed by atoms with Crippen molar-refractivity contribution in [1.29, 1.82) is 0 Å². The summed E-state index contributed by atoms with van der Waals surface area (Å²) < 4.78 is 43.5. The molecule has 0 spiro atoms. The maximum Gasteiger partial charge on any atom is 0.256 e. The molecule has 3 N–H and O–H groups in total. The molecule has 2 aromatic rings. The van der Waals surface area contributed by atoms with Gasteiger partial charge in [-0.05, 0) is 79.4 Å². The van der Waals surface area contributed by atoms with Gasteiger partial charge in [0.1, 0.15) is 5.82 Å². The summed E-state index contributed by atoms with van der Waals surface area (Å²) in [7, 11) is 2.00. The van der Waals surface area contributed by atoms with Crippen LogP contribution in [0.15, 0.2) is 30.3 Å². The lowest BCUT2D eigenvalue weighted by molar-refractivity contribution is -0.135. The Balaban J connectivity index is 1.57. The van der Waals surface area contributed by atoms with Crippen molar-refractivity contribution in [3.05, 3.63) is 56.9 Å². The van der Waals surface area contributed by atoms with Crippen LogP contribution in [0.2, 0.25) is 0 Å². The number of hydrogen-bond donors (Lipinski definition) is 1. The second-order valence-corrected chi connectivity index (χ2v) is 9.59. The van der Waals surface area contributed by atoms with Gasteiger partial charge in [0.2, 0.25) is 5.60 Å². The van der Waals surface area contributed by atoms with Crippen LogP contribution in [-0.2, 0) is 0 Å². The number of amides is 1. The van der Waals surface area contributed by atoms with Crippen LogP contribution in [0.4, 0.5) is 24.5 Å². The van der Waals surface area contributed by atoms with Crippen LogP contribution < -0.4 is 5.32 Å². The van der Waals surface area contributed by atoms with Crippen molar-refractivity contribution >= 4 is 39.9 Å². The number of hydrogen-bond acceptors (Lipinski definition) is 3. The van der Waals surface area contributed by atoms with Gasteiger partial charge in [0.15, 0.2) is 11.6 Å². The van der Waals surface area contributed by atoms with Gasteiger partial charge >= 0.3 is 0 Å². The number of likely N-dealkylation sites (N-methyl/N-ethyl adjacent to an activating group) is 1. The standard InChI is InChI=1S/C22H23F3IN3O2/c1-28-9-3-2-4-18(28)22(31)11-29(12-22)21(30)14-6-7-15(23)19(25)20(14)27-17-8-5-13(26)10-16(17)24/h5-8,10,18,27,31H,2-4,9,11-12H2,1H3/p+1. The van der Waals surface area contributed by atoms with Gasteiger partial charge in [-0.2, -0.15) is 0 Å². The first-order valence-corrected chi connectivity index (χ1v) is 11.2. The van der Waals surface area contributed by atoms with E-state index in [0.717, 1.165) is 31.9 Å². The Bertz CT molecular complexity index is 1010. The predicted molar refractivity (Wildman–Crippen MR) is 121 cm³/mol. The lowest BCUT2D eigenvalue weighted by Crippen LogP contribution is -2.72. The number of likely N-dealkylation sites (tertiary alicyclic amines) is 2. The topological polar surface area (TPSA) is 58.5 Å². The molecular formula is C22H24F3IN3O2+. The zero-order valence-corrected chi connectivity index (χ0v) is 19.2. The molecule has 2 heterocycles. The summed E-state index contributed by atoms with van der Waals surface area (Å²) in [5, 5.41) is 11.4. The molecule has 0 aromatic heterocycles. The number of carbonyl (C=O) groups excluding carboxylic acids is 1. The van der Waals surface area contributed by atoms with E-state index in [0.29, 0.717) is 3.57 Å². The number of rotatable bonds is 4. The monoisotopic (exact) mass is 546 g/mol. The minimum atomic E-state index is -1.24. The van der Waals surface area contributed by atoms with E-state index in [2.05, 4.69) is 10.2 Å². The second kappa shape index (κ2) is 8.59. The van der Waals surface area contributed by atoms with Crippen molar-refractivity contribution in [2.75, 3.05) is 32.0 Å². The minimum absolute atomic E-state index is 0.0544. The van der Waals surface area contributed by atoms with Crippen molar-refractivity contribution < 1.29 is 23.1 Å². The summed E-state index contributed by atoms with van der Waals surface area (Å²) in [4.78, 5) is 16.7. The highest BCUT2D eigenvalue weighted by Crippen LogP contribution is 2.35. The molecule has 9 heteroatoms. The van der Waals surface area contributed by atoms with Crippen molar-refractivity contribution in [3.63, 3.8) is 0 Å². The largest absolute Gasteiger partial charge is 0.437 e. The first-order valence-electron chi connectivity index (χ1n) is 10.1. The molecule has 166 valence electrons. The fraction of sp³-hybridized carbons (Fsp3) is 0.409. The summed E-state index contributed by atoms with van der Waals surface area (Å²) in [6.07, 6.45) is 3.07. The SMILES string of the molecule is CN1CCCCC1C1([OH2+])CN(C(=O)c2ccc(F)c(F)c2Nc2ccc(I)cc2F)C1. The zero-order chi connectivity index (χ0) is 22.3. The Hall–Kier alpha value is -1.85. The molecule has 2 fully saturated rings. The van der Waals surface area contributed by atoms with Gasteiger partial charge in [-0.1, -0.05) is 6.42 Å². The maximum atomic E-state index is 14.6. The Morgan fingerprint density at radius 3 is 2.58 bits per heavy atom. The highest BCUT2D eigenvalue weighted by molar-refractivity contribution is 14.1. The van der Waals surface area contributed by atoms with Gasteiger partial charge < -0.3 is 15.3 Å². The smallest absolute Gasteiger partial charge is 0.256 e. The molecule has 4 rings (SSSR count). The molecule has 5 nitrogen and oxygen atoms in total. The molecule has 1 atom stereocenters. The van der Waals surface area contributed by atoms with Crippen molar-refractivity contribution in [2.45, 2.75) is 30.9 Å². The highest BCUT2D eigenvalue weighted by Gasteiger charge is 2.55. The molecule has 2 aliphatic rings. The number of nitrogens with one attached hydrogen (secondary N) is 1. The molecule has 2 saturated heterocycles. The van der Waals surface area contributed by atoms with Crippen molar-refractivity contribution in [1.82, 2.24) is 9.80 Å². The van der Waals surface area contributed by atoms with E-state index in [1.54, 1.807) is 6.07 Å². The third kappa shape index (κ3) is 4.27. The van der Waals surface area contributed by atoms with E-state index < -0.39 is 34.6 Å². The maximum absolute atomic E-state index is 14.6. The highest BCUT2D eigenvalue weighted by atomic mass is 127. The molecule has 1 amide bonds. The van der Waals surface area contributed by atoms with Gasteiger partial charge in [-0.25, -0.2) is 13.2 Å². The van der Waals surface area contributed by atoms with Gasteiger partial charge in [0.25, 0.3) is 5.91 Å². The lowest BCUT2D eigenvalue weighted by Gasteiger charge is -2.50. The summed E-state index contributed by atoms with van der Waals surface area (Å²) in [5.41, 5.74) is -1.32. The molecule has 0 saturated carbocycles. The first-order chi connectivity index (χ1) is 14.7. The molecule has 2 aromatic carbocycles. The summed E-state index contributed by atoms with van der Waals surface area (Å²) >= 11 is 1.94. The second-order valence-electron chi connectivity index (χ2n) is 8.34. The predicted octanol–water partition coefficient (Wildman–Crippen LogP) is 3.86. The number of carbonyl (C=O) groups is 1. The fourth-order valence-corrected chi connectivity index (χ4v) is 4.96. The van der Waals surface area contributed by atoms with Gasteiger partial charge in [0.05, 0.1) is 36.1 Å². The molecule has 0 radical (unpaired) electrons. The van der Waals surface area contributed by atoms with E-state index in [4.69, 9.17) is 5.11 Å². The first kappa shape index (κ1) is 22.3. The third-order valence-electron chi connectivity index (χ3n) is 6.16. The van der Waals surface area contributed by atoms with E-state index in [9.17, 15) is 18.0 Å². The molecule has 0 aliphatic carbocycles. The molecule has 1 unspecified atom stereocenters. The average Bonchev–Trinajstić information content (AvgIpc) is 2.71. The Morgan fingerprint density at radius 2 is 1.90 bits per heavy atom. The van der Waals surface area contributed by atoms with Crippen LogP contribution in [0.1, 0.15) is 29.6 Å². The number of anilines is 2. The Morgan fingerprint density at radius 1 is 1.16 bits per heavy atom. The number of halogens is 4. The van der Waals surface area contributed by atoms with Crippen molar-refractivity contribution in [2.24, 2.45) is 0 Å². The fourth-order valence-electron chi connectivity index (χ4n) is 4.51.